The number of piperidine rings is 1. The van der Waals surface area contributed by atoms with Crippen LogP contribution in [0.1, 0.15) is 37.1 Å². The first-order valence-corrected chi connectivity index (χ1v) is 7.02. The van der Waals surface area contributed by atoms with Crippen LogP contribution >= 0.6 is 0 Å². The Kier molecular flexibility index (Phi) is 3.58. The topological polar surface area (TPSA) is 29.5 Å². The highest BCUT2D eigenvalue weighted by Crippen LogP contribution is 2.38. The van der Waals surface area contributed by atoms with Crippen LogP contribution in [-0.4, -0.2) is 37.6 Å². The highest BCUT2D eigenvalue weighted by atomic mass is 16.5. The van der Waals surface area contributed by atoms with Crippen molar-refractivity contribution in [1.29, 1.82) is 0 Å². The first-order valence-electron chi connectivity index (χ1n) is 9.02. The van der Waals surface area contributed by atoms with Crippen LogP contribution in [0.5, 0.6) is 0 Å². The third kappa shape index (κ3) is 4.07. The average molecular weight is 279 g/mol. The van der Waals surface area contributed by atoms with Gasteiger partial charge in [-0.05, 0) is 57.2 Å². The number of hydrogen-bond acceptors (Lipinski definition) is 3. The minimum atomic E-state index is -1.87. The van der Waals surface area contributed by atoms with Gasteiger partial charge in [-0.15, -0.1) is 0 Å². The predicted molar refractivity (Wildman–Crippen MR) is 80.6 cm³/mol. The van der Waals surface area contributed by atoms with Crippen LogP contribution < -0.4 is 0 Å². The second-order valence-electron chi connectivity index (χ2n) is 5.25. The molecule has 1 aliphatic rings. The molecule has 0 saturated carbocycles. The van der Waals surface area contributed by atoms with Crippen molar-refractivity contribution in [2.45, 2.75) is 32.5 Å². The SMILES string of the molecule is [2H]C1([2H])CN(C)CC([2H])([2H])C1(CC(=O)OCC)Cc1ccccc1. The Balaban J connectivity index is 2.49. The first kappa shape index (κ1) is 10.4. The molecule has 0 radical (unpaired) electrons. The van der Waals surface area contributed by atoms with Crippen LogP contribution in [0, 0.1) is 5.41 Å². The molecule has 1 aromatic carbocycles. The number of carbonyl (C=O) groups is 1. The summed E-state index contributed by atoms with van der Waals surface area (Å²) in [5.74, 6) is -0.550. The molecule has 1 aromatic rings. The molecular formula is C17H25NO2. The number of ether oxygens (including phenoxy) is 1. The Hall–Kier alpha value is -1.35. The smallest absolute Gasteiger partial charge is 0.306 e. The zero-order valence-corrected chi connectivity index (χ0v) is 12.2. The second kappa shape index (κ2) is 6.89. The molecule has 3 nitrogen and oxygen atoms in total. The van der Waals surface area contributed by atoms with Gasteiger partial charge in [-0.25, -0.2) is 0 Å². The zero-order valence-electron chi connectivity index (χ0n) is 16.2. The van der Waals surface area contributed by atoms with Crippen molar-refractivity contribution in [3.63, 3.8) is 0 Å². The Morgan fingerprint density at radius 1 is 1.35 bits per heavy atom. The number of rotatable bonds is 5. The second-order valence-corrected chi connectivity index (χ2v) is 5.25. The molecule has 0 N–H and O–H groups in total. The van der Waals surface area contributed by atoms with E-state index in [0.717, 1.165) is 5.56 Å². The standard InChI is InChI=1S/C17H25NO2/c1-3-20-16(19)14-17(9-11-18(2)12-10-17)13-15-7-5-4-6-8-15/h4-8H,3,9-14H2,1-2H3/i9D2,10D2. The van der Waals surface area contributed by atoms with E-state index in [9.17, 15) is 4.79 Å². The van der Waals surface area contributed by atoms with Crippen molar-refractivity contribution in [1.82, 2.24) is 4.90 Å². The van der Waals surface area contributed by atoms with Gasteiger partial charge < -0.3 is 9.64 Å². The van der Waals surface area contributed by atoms with Gasteiger partial charge in [0.15, 0.2) is 0 Å². The molecule has 110 valence electrons. The minimum Gasteiger partial charge on any atom is -0.466 e. The van der Waals surface area contributed by atoms with E-state index in [4.69, 9.17) is 10.2 Å². The summed E-state index contributed by atoms with van der Waals surface area (Å²) < 4.78 is 39.3. The molecule has 1 heterocycles. The molecule has 1 saturated heterocycles. The van der Waals surface area contributed by atoms with Crippen LogP contribution in [0.25, 0.3) is 0 Å². The fourth-order valence-corrected chi connectivity index (χ4v) is 2.41. The summed E-state index contributed by atoms with van der Waals surface area (Å²) in [6, 6.07) is 9.23. The van der Waals surface area contributed by atoms with Crippen LogP contribution in [-0.2, 0) is 16.0 Å². The van der Waals surface area contributed by atoms with Gasteiger partial charge in [0.05, 0.1) is 13.0 Å². The maximum atomic E-state index is 12.2. The molecule has 1 aliphatic heterocycles. The number of esters is 1. The number of likely N-dealkylation sites (tertiary alicyclic amines) is 1. The van der Waals surface area contributed by atoms with Gasteiger partial charge >= 0.3 is 5.97 Å². The van der Waals surface area contributed by atoms with Crippen molar-refractivity contribution < 1.29 is 15.0 Å². The fraction of sp³-hybridized carbons (Fsp3) is 0.588. The quantitative estimate of drug-likeness (QED) is 0.776. The van der Waals surface area contributed by atoms with Crippen molar-refractivity contribution in [3.8, 4) is 0 Å². The number of nitrogens with zero attached hydrogens (tertiary/aromatic N) is 1. The van der Waals surface area contributed by atoms with E-state index in [-0.39, 0.29) is 32.5 Å². The predicted octanol–water partition coefficient (Wildman–Crippen LogP) is 2.89. The third-order valence-corrected chi connectivity index (χ3v) is 3.47. The van der Waals surface area contributed by atoms with E-state index in [2.05, 4.69) is 0 Å². The van der Waals surface area contributed by atoms with E-state index < -0.39 is 24.1 Å². The molecular weight excluding hydrogens is 250 g/mol. The van der Waals surface area contributed by atoms with Gasteiger partial charge in [0.1, 0.15) is 0 Å². The lowest BCUT2D eigenvalue weighted by Gasteiger charge is -2.40. The normalized spacial score (nSPS) is 26.7. The fourth-order valence-electron chi connectivity index (χ4n) is 2.41. The third-order valence-electron chi connectivity index (χ3n) is 3.47. The van der Waals surface area contributed by atoms with E-state index in [1.54, 1.807) is 18.9 Å². The molecule has 0 spiro atoms. The van der Waals surface area contributed by atoms with Crippen molar-refractivity contribution >= 4 is 5.97 Å². The van der Waals surface area contributed by atoms with Gasteiger partial charge in [0.25, 0.3) is 0 Å². The largest absolute Gasteiger partial charge is 0.466 e. The van der Waals surface area contributed by atoms with E-state index in [1.165, 1.54) is 0 Å². The van der Waals surface area contributed by atoms with Gasteiger partial charge in [-0.1, -0.05) is 30.3 Å². The first-order chi connectivity index (χ1) is 11.1. The monoisotopic (exact) mass is 279 g/mol. The Bertz CT molecular complexity index is 559. The lowest BCUT2D eigenvalue weighted by Crippen LogP contribution is -2.40. The lowest BCUT2D eigenvalue weighted by atomic mass is 9.71. The number of hydrogen-bond donors (Lipinski definition) is 0. The van der Waals surface area contributed by atoms with Gasteiger partial charge in [-0.2, -0.15) is 0 Å². The van der Waals surface area contributed by atoms with E-state index in [1.807, 2.05) is 30.3 Å². The summed E-state index contributed by atoms with van der Waals surface area (Å²) in [7, 11) is 1.70. The molecule has 0 aliphatic carbocycles. The lowest BCUT2D eigenvalue weighted by molar-refractivity contribution is -0.146. The van der Waals surface area contributed by atoms with Crippen molar-refractivity contribution in [2.75, 3.05) is 26.7 Å². The maximum absolute atomic E-state index is 12.2. The molecule has 20 heavy (non-hydrogen) atoms. The molecule has 0 bridgehead atoms. The summed E-state index contributed by atoms with van der Waals surface area (Å²) in [5, 5.41) is 0. The maximum Gasteiger partial charge on any atom is 0.306 e. The molecule has 0 amide bonds. The average Bonchev–Trinajstić information content (AvgIpc) is 2.45. The summed E-state index contributed by atoms with van der Waals surface area (Å²) >= 11 is 0. The molecule has 3 heteroatoms. The molecule has 1 fully saturated rings. The highest BCUT2D eigenvalue weighted by molar-refractivity contribution is 5.70. The van der Waals surface area contributed by atoms with Crippen LogP contribution in [0.15, 0.2) is 30.3 Å². The molecule has 0 aromatic heterocycles. The van der Waals surface area contributed by atoms with Crippen LogP contribution in [0.4, 0.5) is 0 Å². The van der Waals surface area contributed by atoms with Gasteiger partial charge in [0, 0.05) is 5.48 Å². The van der Waals surface area contributed by atoms with E-state index in [0.29, 0.717) is 0 Å². The Morgan fingerprint density at radius 2 is 2.00 bits per heavy atom. The van der Waals surface area contributed by atoms with E-state index >= 15 is 0 Å². The van der Waals surface area contributed by atoms with Crippen molar-refractivity contribution in [3.05, 3.63) is 35.9 Å². The van der Waals surface area contributed by atoms with Crippen LogP contribution in [0.3, 0.4) is 0 Å². The molecule has 0 unspecified atom stereocenters. The van der Waals surface area contributed by atoms with Crippen LogP contribution in [0.2, 0.25) is 0 Å². The Morgan fingerprint density at radius 3 is 2.60 bits per heavy atom. The van der Waals surface area contributed by atoms with Gasteiger partial charge in [-0.3, -0.25) is 4.79 Å². The van der Waals surface area contributed by atoms with Crippen molar-refractivity contribution in [2.24, 2.45) is 5.41 Å². The number of benzene rings is 1. The van der Waals surface area contributed by atoms with Gasteiger partial charge in [0.2, 0.25) is 0 Å². The molecule has 2 rings (SSSR count). The number of carbonyl (C=O) groups excluding carboxylic acids is 1. The summed E-state index contributed by atoms with van der Waals surface area (Å²) in [5.41, 5.74) is -0.653. The summed E-state index contributed by atoms with van der Waals surface area (Å²) in [4.78, 5) is 13.8. The zero-order chi connectivity index (χ0) is 18.0. The molecule has 0 atom stereocenters. The summed E-state index contributed by atoms with van der Waals surface area (Å²) in [6.07, 6.45) is -3.86. The minimum absolute atomic E-state index is 0.0821. The highest BCUT2D eigenvalue weighted by Gasteiger charge is 2.36. The Labute approximate surface area is 127 Å². The summed E-state index contributed by atoms with van der Waals surface area (Å²) in [6.45, 7) is 2.06.